The third kappa shape index (κ3) is 5.17. The number of carbonyl (C=O) groups excluding carboxylic acids is 3. The Morgan fingerprint density at radius 3 is 2.00 bits per heavy atom. The minimum absolute atomic E-state index is 0.202. The summed E-state index contributed by atoms with van der Waals surface area (Å²) in [6, 6.07) is 12.5. The van der Waals surface area contributed by atoms with Gasteiger partial charge < -0.3 is 16.0 Å². The van der Waals surface area contributed by atoms with Gasteiger partial charge in [-0.05, 0) is 57.5 Å². The summed E-state index contributed by atoms with van der Waals surface area (Å²) in [4.78, 5) is 36.5. The summed E-state index contributed by atoms with van der Waals surface area (Å²) in [7, 11) is 0. The molecule has 2 rings (SSSR count). The van der Waals surface area contributed by atoms with Gasteiger partial charge in [0.2, 0.25) is 17.7 Å². The quantitative estimate of drug-likeness (QED) is 0.701. The predicted molar refractivity (Wildman–Crippen MR) is 108 cm³/mol. The largest absolute Gasteiger partial charge is 0.326 e. The smallest absolute Gasteiger partial charge is 0.239 e. The molecular formula is C21H25N3O3. The van der Waals surface area contributed by atoms with Crippen LogP contribution in [0.5, 0.6) is 0 Å². The predicted octanol–water partition coefficient (Wildman–Crippen LogP) is 3.87. The van der Waals surface area contributed by atoms with Crippen molar-refractivity contribution in [2.75, 3.05) is 16.0 Å². The molecule has 0 fully saturated rings. The highest BCUT2D eigenvalue weighted by atomic mass is 16.2. The lowest BCUT2D eigenvalue weighted by Gasteiger charge is -2.23. The van der Waals surface area contributed by atoms with Gasteiger partial charge in [-0.25, -0.2) is 0 Å². The standard InChI is InChI=1S/C21H25N3O3/c1-13-9-10-18(14(2)11-13)24-20(27)21(4,5)19(26)23-17-8-6-7-16(12-17)22-15(3)25/h6-12H,1-5H3,(H,22,25)(H,23,26)(H,24,27). The van der Waals surface area contributed by atoms with E-state index in [1.54, 1.807) is 38.1 Å². The molecule has 0 saturated heterocycles. The van der Waals surface area contributed by atoms with Crippen molar-refractivity contribution < 1.29 is 14.4 Å². The summed E-state index contributed by atoms with van der Waals surface area (Å²) in [5.41, 5.74) is 2.49. The van der Waals surface area contributed by atoms with Crippen molar-refractivity contribution in [2.24, 2.45) is 5.41 Å². The molecule has 27 heavy (non-hydrogen) atoms. The highest BCUT2D eigenvalue weighted by Gasteiger charge is 2.36. The van der Waals surface area contributed by atoms with Crippen molar-refractivity contribution in [3.8, 4) is 0 Å². The maximum atomic E-state index is 12.7. The fourth-order valence-electron chi connectivity index (χ4n) is 2.50. The summed E-state index contributed by atoms with van der Waals surface area (Å²) in [5.74, 6) is -1.04. The van der Waals surface area contributed by atoms with Crippen LogP contribution in [0, 0.1) is 19.3 Å². The van der Waals surface area contributed by atoms with E-state index in [2.05, 4.69) is 16.0 Å². The molecule has 3 amide bonds. The molecule has 6 heteroatoms. The second kappa shape index (κ2) is 8.03. The highest BCUT2D eigenvalue weighted by Crippen LogP contribution is 2.24. The van der Waals surface area contributed by atoms with E-state index in [0.29, 0.717) is 17.1 Å². The minimum Gasteiger partial charge on any atom is -0.326 e. The van der Waals surface area contributed by atoms with Crippen molar-refractivity contribution in [1.29, 1.82) is 0 Å². The second-order valence-electron chi connectivity index (χ2n) is 7.11. The van der Waals surface area contributed by atoms with E-state index in [-0.39, 0.29) is 5.91 Å². The number of nitrogens with one attached hydrogen (secondary N) is 3. The summed E-state index contributed by atoms with van der Waals surface area (Å²) < 4.78 is 0. The number of amides is 3. The Hall–Kier alpha value is -3.15. The van der Waals surface area contributed by atoms with Crippen molar-refractivity contribution in [1.82, 2.24) is 0 Å². The van der Waals surface area contributed by atoms with E-state index in [0.717, 1.165) is 11.1 Å². The van der Waals surface area contributed by atoms with E-state index in [1.165, 1.54) is 6.92 Å². The molecule has 2 aromatic rings. The van der Waals surface area contributed by atoms with Crippen molar-refractivity contribution in [2.45, 2.75) is 34.6 Å². The fourth-order valence-corrected chi connectivity index (χ4v) is 2.50. The molecule has 0 unspecified atom stereocenters. The summed E-state index contributed by atoms with van der Waals surface area (Å²) >= 11 is 0. The van der Waals surface area contributed by atoms with E-state index < -0.39 is 17.2 Å². The van der Waals surface area contributed by atoms with E-state index in [4.69, 9.17) is 0 Å². The first-order valence-electron chi connectivity index (χ1n) is 8.67. The van der Waals surface area contributed by atoms with Crippen LogP contribution in [0.2, 0.25) is 0 Å². The van der Waals surface area contributed by atoms with E-state index in [1.807, 2.05) is 32.0 Å². The van der Waals surface area contributed by atoms with Gasteiger partial charge in [0.05, 0.1) is 0 Å². The van der Waals surface area contributed by atoms with Crippen LogP contribution in [-0.2, 0) is 14.4 Å². The SMILES string of the molecule is CC(=O)Nc1cccc(NC(=O)C(C)(C)C(=O)Nc2ccc(C)cc2C)c1. The number of carbonyl (C=O) groups is 3. The van der Waals surface area contributed by atoms with Crippen LogP contribution in [0.4, 0.5) is 17.1 Å². The van der Waals surface area contributed by atoms with Gasteiger partial charge in [-0.2, -0.15) is 0 Å². The van der Waals surface area contributed by atoms with Gasteiger partial charge >= 0.3 is 0 Å². The molecule has 2 aromatic carbocycles. The summed E-state index contributed by atoms with van der Waals surface area (Å²) in [6.45, 7) is 8.43. The first-order chi connectivity index (χ1) is 12.6. The molecule has 0 atom stereocenters. The third-order valence-electron chi connectivity index (χ3n) is 4.21. The molecule has 0 heterocycles. The average Bonchev–Trinajstić information content (AvgIpc) is 2.56. The minimum atomic E-state index is -1.29. The first-order valence-corrected chi connectivity index (χ1v) is 8.67. The topological polar surface area (TPSA) is 87.3 Å². The molecule has 0 saturated carbocycles. The number of anilines is 3. The second-order valence-corrected chi connectivity index (χ2v) is 7.11. The molecular weight excluding hydrogens is 342 g/mol. The molecule has 0 spiro atoms. The third-order valence-corrected chi connectivity index (χ3v) is 4.21. The zero-order valence-electron chi connectivity index (χ0n) is 16.3. The number of hydrogen-bond acceptors (Lipinski definition) is 3. The monoisotopic (exact) mass is 367 g/mol. The zero-order chi connectivity index (χ0) is 20.2. The Balaban J connectivity index is 2.11. The Morgan fingerprint density at radius 1 is 0.815 bits per heavy atom. The molecule has 6 nitrogen and oxygen atoms in total. The maximum Gasteiger partial charge on any atom is 0.239 e. The zero-order valence-corrected chi connectivity index (χ0v) is 16.3. The van der Waals surface area contributed by atoms with Gasteiger partial charge in [-0.1, -0.05) is 23.8 Å². The van der Waals surface area contributed by atoms with Crippen LogP contribution in [0.3, 0.4) is 0 Å². The van der Waals surface area contributed by atoms with Gasteiger partial charge in [0, 0.05) is 24.0 Å². The van der Waals surface area contributed by atoms with Crippen molar-refractivity contribution in [3.05, 3.63) is 53.6 Å². The molecule has 0 aliphatic carbocycles. The Morgan fingerprint density at radius 2 is 1.41 bits per heavy atom. The van der Waals surface area contributed by atoms with Crippen LogP contribution in [0.1, 0.15) is 31.9 Å². The van der Waals surface area contributed by atoms with Crippen LogP contribution in [-0.4, -0.2) is 17.7 Å². The maximum absolute atomic E-state index is 12.7. The van der Waals surface area contributed by atoms with Gasteiger partial charge in [-0.3, -0.25) is 14.4 Å². The Bertz CT molecular complexity index is 888. The van der Waals surface area contributed by atoms with Crippen molar-refractivity contribution >= 4 is 34.8 Å². The molecule has 142 valence electrons. The molecule has 0 aromatic heterocycles. The van der Waals surface area contributed by atoms with Gasteiger partial charge in [-0.15, -0.1) is 0 Å². The van der Waals surface area contributed by atoms with Crippen molar-refractivity contribution in [3.63, 3.8) is 0 Å². The highest BCUT2D eigenvalue weighted by molar-refractivity contribution is 6.14. The lowest BCUT2D eigenvalue weighted by atomic mass is 9.90. The molecule has 3 N–H and O–H groups in total. The lowest BCUT2D eigenvalue weighted by molar-refractivity contribution is -0.135. The molecule has 0 aliphatic rings. The number of hydrogen-bond donors (Lipinski definition) is 3. The Labute approximate surface area is 159 Å². The Kier molecular flexibility index (Phi) is 6.00. The molecule has 0 radical (unpaired) electrons. The van der Waals surface area contributed by atoms with E-state index in [9.17, 15) is 14.4 Å². The first kappa shape index (κ1) is 20.2. The lowest BCUT2D eigenvalue weighted by Crippen LogP contribution is -2.41. The number of rotatable bonds is 5. The summed E-state index contributed by atoms with van der Waals surface area (Å²) in [6.07, 6.45) is 0. The number of benzene rings is 2. The van der Waals surface area contributed by atoms with Gasteiger partial charge in [0.15, 0.2) is 0 Å². The van der Waals surface area contributed by atoms with Crippen LogP contribution in [0.25, 0.3) is 0 Å². The van der Waals surface area contributed by atoms with Crippen LogP contribution >= 0.6 is 0 Å². The van der Waals surface area contributed by atoms with Crippen LogP contribution in [0.15, 0.2) is 42.5 Å². The summed E-state index contributed by atoms with van der Waals surface area (Å²) in [5, 5.41) is 8.21. The molecule has 0 bridgehead atoms. The molecule has 0 aliphatic heterocycles. The fraction of sp³-hybridized carbons (Fsp3) is 0.286. The average molecular weight is 367 g/mol. The normalized spacial score (nSPS) is 10.9. The van der Waals surface area contributed by atoms with Gasteiger partial charge in [0.25, 0.3) is 0 Å². The number of aryl methyl sites for hydroxylation is 2. The van der Waals surface area contributed by atoms with E-state index >= 15 is 0 Å². The van der Waals surface area contributed by atoms with Crippen LogP contribution < -0.4 is 16.0 Å². The van der Waals surface area contributed by atoms with Gasteiger partial charge in [0.1, 0.15) is 5.41 Å².